The molecule has 3 aliphatic heterocycles. The Bertz CT molecular complexity index is 912. The number of rotatable bonds is 5. The van der Waals surface area contributed by atoms with Crippen LogP contribution in [-0.4, -0.2) is 96.8 Å². The van der Waals surface area contributed by atoms with Gasteiger partial charge in [0.25, 0.3) is 0 Å². The van der Waals surface area contributed by atoms with Gasteiger partial charge in [-0.05, 0) is 37.3 Å². The smallest absolute Gasteiger partial charge is 0.236 e. The van der Waals surface area contributed by atoms with Gasteiger partial charge in [-0.15, -0.1) is 0 Å². The minimum atomic E-state index is 0.118. The van der Waals surface area contributed by atoms with E-state index in [1.165, 1.54) is 0 Å². The molecule has 8 heteroatoms. The first kappa shape index (κ1) is 25.2. The summed E-state index contributed by atoms with van der Waals surface area (Å²) in [6, 6.07) is 8.05. The summed E-state index contributed by atoms with van der Waals surface area (Å²) in [4.78, 5) is 45.1. The molecule has 0 unspecified atom stereocenters. The van der Waals surface area contributed by atoms with E-state index >= 15 is 0 Å². The molecule has 2 atom stereocenters. The Hall–Kier alpha value is -2.87. The number of ether oxygens (including phenoxy) is 1. The average Bonchev–Trinajstić information content (AvgIpc) is 2.88. The molecule has 0 saturated carbocycles. The van der Waals surface area contributed by atoms with Crippen LogP contribution in [0.5, 0.6) is 5.75 Å². The lowest BCUT2D eigenvalue weighted by Crippen LogP contribution is -2.50. The molecule has 0 N–H and O–H groups in total. The maximum Gasteiger partial charge on any atom is 0.236 e. The molecule has 3 aliphatic rings. The van der Waals surface area contributed by atoms with E-state index in [-0.39, 0.29) is 23.7 Å². The molecule has 3 amide bonds. The number of fused-ring (bicyclic) bond motifs is 3. The standard InChI is InChI=1S/C27H38N4O4/c1-2-10-29-18-24-6-3-4-8-25(24)35-16-5-7-23-19-31(27(34)20-29)11-9-22(23)17-26(33)30-14-12-28(21-32)13-15-30/h3-8,21-23H,2,9-20H2,1H3/b7-5+/t22-,23-/m0/s1. The molecule has 8 nitrogen and oxygen atoms in total. The Morgan fingerprint density at radius 1 is 1.11 bits per heavy atom. The Balaban J connectivity index is 1.47. The minimum Gasteiger partial charge on any atom is -0.489 e. The van der Waals surface area contributed by atoms with Crippen molar-refractivity contribution in [2.75, 3.05) is 59.0 Å². The first-order valence-corrected chi connectivity index (χ1v) is 12.9. The van der Waals surface area contributed by atoms with Crippen molar-refractivity contribution in [2.24, 2.45) is 11.8 Å². The zero-order chi connectivity index (χ0) is 24.6. The number of piperidine rings is 1. The second kappa shape index (κ2) is 12.2. The van der Waals surface area contributed by atoms with Gasteiger partial charge < -0.3 is 19.4 Å². The van der Waals surface area contributed by atoms with Crippen molar-refractivity contribution in [2.45, 2.75) is 32.7 Å². The molecule has 35 heavy (non-hydrogen) atoms. The zero-order valence-electron chi connectivity index (χ0n) is 20.8. The summed E-state index contributed by atoms with van der Waals surface area (Å²) in [6.07, 6.45) is 7.31. The highest BCUT2D eigenvalue weighted by molar-refractivity contribution is 5.79. The maximum atomic E-state index is 13.3. The van der Waals surface area contributed by atoms with Crippen LogP contribution in [-0.2, 0) is 20.9 Å². The van der Waals surface area contributed by atoms with Crippen LogP contribution < -0.4 is 4.74 Å². The van der Waals surface area contributed by atoms with Gasteiger partial charge in [0, 0.05) is 57.8 Å². The molecule has 0 spiro atoms. The van der Waals surface area contributed by atoms with Gasteiger partial charge in [-0.25, -0.2) is 0 Å². The molecule has 1 aromatic carbocycles. The van der Waals surface area contributed by atoms with Gasteiger partial charge in [0.15, 0.2) is 0 Å². The number of nitrogens with zero attached hydrogens (tertiary/aromatic N) is 4. The zero-order valence-corrected chi connectivity index (χ0v) is 20.8. The lowest BCUT2D eigenvalue weighted by atomic mass is 9.82. The predicted molar refractivity (Wildman–Crippen MR) is 134 cm³/mol. The first-order valence-electron chi connectivity index (χ1n) is 12.9. The third kappa shape index (κ3) is 6.63. The summed E-state index contributed by atoms with van der Waals surface area (Å²) < 4.78 is 6.10. The molecular formula is C27H38N4O4. The van der Waals surface area contributed by atoms with Gasteiger partial charge in [0.05, 0.1) is 6.54 Å². The molecular weight excluding hydrogens is 444 g/mol. The molecule has 1 aromatic rings. The number of para-hydroxylation sites is 1. The van der Waals surface area contributed by atoms with Crippen LogP contribution in [0.2, 0.25) is 0 Å². The topological polar surface area (TPSA) is 73.4 Å². The number of carbonyl (C=O) groups excluding carboxylic acids is 3. The van der Waals surface area contributed by atoms with Crippen LogP contribution in [0.1, 0.15) is 31.7 Å². The minimum absolute atomic E-state index is 0.118. The summed E-state index contributed by atoms with van der Waals surface area (Å²) in [5.74, 6) is 1.47. The highest BCUT2D eigenvalue weighted by atomic mass is 16.5. The molecule has 0 aliphatic carbocycles. The van der Waals surface area contributed by atoms with Crippen LogP contribution in [0.25, 0.3) is 0 Å². The first-order chi connectivity index (χ1) is 17.1. The fourth-order valence-electron chi connectivity index (χ4n) is 5.36. The van der Waals surface area contributed by atoms with Gasteiger partial charge in [-0.1, -0.05) is 37.3 Å². The SMILES string of the molecule is CCCN1CC(=O)N2CC[C@@H](CC(=O)N3CCN(C=O)CC3)[C@@H](/C=C/COc3ccccc3C1)C2. The largest absolute Gasteiger partial charge is 0.489 e. The predicted octanol–water partition coefficient (Wildman–Crippen LogP) is 2.00. The van der Waals surface area contributed by atoms with Crippen molar-refractivity contribution in [1.29, 1.82) is 0 Å². The Kier molecular flexibility index (Phi) is 8.79. The van der Waals surface area contributed by atoms with Crippen LogP contribution in [0.4, 0.5) is 0 Å². The Morgan fingerprint density at radius 2 is 1.91 bits per heavy atom. The van der Waals surface area contributed by atoms with Crippen LogP contribution in [0.15, 0.2) is 36.4 Å². The molecule has 2 saturated heterocycles. The highest BCUT2D eigenvalue weighted by Crippen LogP contribution is 2.29. The molecule has 4 rings (SSSR count). The average molecular weight is 483 g/mol. The van der Waals surface area contributed by atoms with Crippen LogP contribution >= 0.6 is 0 Å². The molecule has 2 bridgehead atoms. The fraction of sp³-hybridized carbons (Fsp3) is 0.593. The van der Waals surface area contributed by atoms with E-state index in [1.807, 2.05) is 34.1 Å². The number of carbonyl (C=O) groups is 3. The van der Waals surface area contributed by atoms with Crippen LogP contribution in [0.3, 0.4) is 0 Å². The van der Waals surface area contributed by atoms with Crippen molar-refractivity contribution in [3.63, 3.8) is 0 Å². The van der Waals surface area contributed by atoms with E-state index in [1.54, 1.807) is 4.90 Å². The third-order valence-corrected chi connectivity index (χ3v) is 7.40. The van der Waals surface area contributed by atoms with Crippen molar-refractivity contribution in [3.8, 4) is 5.75 Å². The molecule has 0 aromatic heterocycles. The van der Waals surface area contributed by atoms with Gasteiger partial charge in [0.2, 0.25) is 18.2 Å². The van der Waals surface area contributed by atoms with Gasteiger partial charge in [-0.2, -0.15) is 0 Å². The summed E-state index contributed by atoms with van der Waals surface area (Å²) in [5.41, 5.74) is 1.09. The number of hydrogen-bond acceptors (Lipinski definition) is 5. The van der Waals surface area contributed by atoms with Crippen molar-refractivity contribution in [3.05, 3.63) is 42.0 Å². The van der Waals surface area contributed by atoms with E-state index < -0.39 is 0 Å². The third-order valence-electron chi connectivity index (χ3n) is 7.40. The van der Waals surface area contributed by atoms with Gasteiger partial charge in [0.1, 0.15) is 12.4 Å². The van der Waals surface area contributed by atoms with Gasteiger partial charge in [-0.3, -0.25) is 19.3 Å². The lowest BCUT2D eigenvalue weighted by Gasteiger charge is -2.39. The van der Waals surface area contributed by atoms with E-state index in [2.05, 4.69) is 24.0 Å². The summed E-state index contributed by atoms with van der Waals surface area (Å²) in [6.45, 7) is 8.23. The highest BCUT2D eigenvalue weighted by Gasteiger charge is 2.33. The second-order valence-corrected chi connectivity index (χ2v) is 9.84. The van der Waals surface area contributed by atoms with E-state index in [9.17, 15) is 14.4 Å². The number of hydrogen-bond donors (Lipinski definition) is 0. The Morgan fingerprint density at radius 3 is 2.69 bits per heavy atom. The van der Waals surface area contributed by atoms with Crippen LogP contribution in [0, 0.1) is 11.8 Å². The fourth-order valence-corrected chi connectivity index (χ4v) is 5.36. The summed E-state index contributed by atoms with van der Waals surface area (Å²) in [5, 5.41) is 0. The lowest BCUT2D eigenvalue weighted by molar-refractivity contribution is -0.138. The maximum absolute atomic E-state index is 13.3. The van der Waals surface area contributed by atoms with Crippen molar-refractivity contribution < 1.29 is 19.1 Å². The van der Waals surface area contributed by atoms with Gasteiger partial charge >= 0.3 is 0 Å². The van der Waals surface area contributed by atoms with E-state index in [0.717, 1.165) is 37.1 Å². The summed E-state index contributed by atoms with van der Waals surface area (Å²) in [7, 11) is 0. The molecule has 3 heterocycles. The molecule has 2 fully saturated rings. The van der Waals surface area contributed by atoms with E-state index in [0.29, 0.717) is 65.4 Å². The normalized spacial score (nSPS) is 24.9. The van der Waals surface area contributed by atoms with Crippen molar-refractivity contribution in [1.82, 2.24) is 19.6 Å². The second-order valence-electron chi connectivity index (χ2n) is 9.84. The van der Waals surface area contributed by atoms with E-state index in [4.69, 9.17) is 4.74 Å². The molecule has 190 valence electrons. The molecule has 0 radical (unpaired) electrons. The summed E-state index contributed by atoms with van der Waals surface area (Å²) >= 11 is 0. The number of amides is 3. The van der Waals surface area contributed by atoms with Crippen molar-refractivity contribution >= 4 is 18.2 Å². The quantitative estimate of drug-likeness (QED) is 0.474. The Labute approximate surface area is 208 Å². The number of piperazine rings is 1. The monoisotopic (exact) mass is 482 g/mol. The number of benzene rings is 1.